The minimum Gasteiger partial charge on any atom is -0.508 e. The van der Waals surface area contributed by atoms with Gasteiger partial charge in [0.2, 0.25) is 0 Å². The molecule has 5 rings (SSSR count). The Morgan fingerprint density at radius 1 is 0.421 bits per heavy atom. The summed E-state index contributed by atoms with van der Waals surface area (Å²) in [7, 11) is 0. The van der Waals surface area contributed by atoms with E-state index in [2.05, 4.69) is 98.8 Å². The summed E-state index contributed by atoms with van der Waals surface area (Å²) in [6.45, 7) is 4.58. The summed E-state index contributed by atoms with van der Waals surface area (Å²) >= 11 is 0. The summed E-state index contributed by atoms with van der Waals surface area (Å²) in [5, 5.41) is 20.0. The first kappa shape index (κ1) is 25.4. The van der Waals surface area contributed by atoms with Gasteiger partial charge in [0.1, 0.15) is 11.5 Å². The fourth-order valence-corrected chi connectivity index (χ4v) is 5.61. The van der Waals surface area contributed by atoms with Gasteiger partial charge >= 0.3 is 0 Å². The number of rotatable bonds is 8. The molecule has 0 radical (unpaired) electrons. The van der Waals surface area contributed by atoms with Crippen LogP contribution in [0.25, 0.3) is 0 Å². The van der Waals surface area contributed by atoms with Crippen LogP contribution in [0.2, 0.25) is 0 Å². The van der Waals surface area contributed by atoms with E-state index < -0.39 is 0 Å². The van der Waals surface area contributed by atoms with Crippen molar-refractivity contribution >= 4 is 0 Å². The Bertz CT molecular complexity index is 1360. The number of hydrogen-bond acceptors (Lipinski definition) is 2. The van der Waals surface area contributed by atoms with Crippen molar-refractivity contribution in [1.29, 1.82) is 0 Å². The summed E-state index contributed by atoms with van der Waals surface area (Å²) in [6.07, 6.45) is 1.66. The van der Waals surface area contributed by atoms with Gasteiger partial charge in [0.15, 0.2) is 0 Å². The zero-order valence-electron chi connectivity index (χ0n) is 22.0. The van der Waals surface area contributed by atoms with Crippen LogP contribution >= 0.6 is 0 Å². The quantitative estimate of drug-likeness (QED) is 0.226. The van der Waals surface area contributed by atoms with Crippen molar-refractivity contribution < 1.29 is 10.2 Å². The Balaban J connectivity index is 1.65. The van der Waals surface area contributed by atoms with E-state index in [1.165, 1.54) is 22.3 Å². The van der Waals surface area contributed by atoms with Gasteiger partial charge in [0.05, 0.1) is 0 Å². The van der Waals surface area contributed by atoms with Gasteiger partial charge in [-0.15, -0.1) is 0 Å². The second kappa shape index (κ2) is 10.6. The standard InChI is InChI=1S/C36H34O2/c1-35(25-27-10-5-3-6-11-27,29-16-20-33(37)21-17-29)31-14-9-15-32(24-31)36(2,26-28-12-7-4-8-13-28)30-18-22-34(38)23-19-30/h3-24,37-38H,25-26H2,1-2H3. The highest BCUT2D eigenvalue weighted by Gasteiger charge is 2.34. The normalized spacial score (nSPS) is 14.4. The molecule has 0 aliphatic heterocycles. The zero-order chi connectivity index (χ0) is 26.6. The lowest BCUT2D eigenvalue weighted by molar-refractivity contribution is 0.473. The maximum absolute atomic E-state index is 10.0. The van der Waals surface area contributed by atoms with E-state index in [9.17, 15) is 10.2 Å². The first-order valence-electron chi connectivity index (χ1n) is 13.1. The molecule has 2 atom stereocenters. The van der Waals surface area contributed by atoms with Gasteiger partial charge in [-0.1, -0.05) is 123 Å². The number of hydrogen-bond donors (Lipinski definition) is 2. The maximum atomic E-state index is 10.0. The van der Waals surface area contributed by atoms with E-state index in [1.54, 1.807) is 24.3 Å². The van der Waals surface area contributed by atoms with Crippen molar-refractivity contribution in [2.75, 3.05) is 0 Å². The molecule has 0 amide bonds. The minimum atomic E-state index is -0.312. The average molecular weight is 499 g/mol. The maximum Gasteiger partial charge on any atom is 0.115 e. The SMILES string of the molecule is CC(Cc1ccccc1)(c1ccc(O)cc1)c1cccc(C(C)(Cc2ccccc2)c2ccc(O)cc2)c1. The molecular formula is C36H34O2. The summed E-state index contributed by atoms with van der Waals surface area (Å²) in [5.41, 5.74) is 6.67. The van der Waals surface area contributed by atoms with Gasteiger partial charge in [0.25, 0.3) is 0 Å². The second-order valence-electron chi connectivity index (χ2n) is 10.7. The van der Waals surface area contributed by atoms with Crippen molar-refractivity contribution in [3.8, 4) is 11.5 Å². The van der Waals surface area contributed by atoms with Gasteiger partial charge in [0, 0.05) is 10.8 Å². The summed E-state index contributed by atoms with van der Waals surface area (Å²) in [5.74, 6) is 0.541. The van der Waals surface area contributed by atoms with Crippen molar-refractivity contribution in [3.63, 3.8) is 0 Å². The number of phenols is 2. The summed E-state index contributed by atoms with van der Waals surface area (Å²) in [4.78, 5) is 0. The zero-order valence-corrected chi connectivity index (χ0v) is 22.0. The smallest absolute Gasteiger partial charge is 0.115 e. The molecule has 38 heavy (non-hydrogen) atoms. The van der Waals surface area contributed by atoms with Crippen LogP contribution in [-0.2, 0) is 23.7 Å². The molecule has 0 saturated heterocycles. The molecule has 5 aromatic rings. The van der Waals surface area contributed by atoms with E-state index in [-0.39, 0.29) is 22.3 Å². The lowest BCUT2D eigenvalue weighted by Crippen LogP contribution is -2.30. The van der Waals surface area contributed by atoms with Crippen molar-refractivity contribution in [2.24, 2.45) is 0 Å². The van der Waals surface area contributed by atoms with Crippen LogP contribution < -0.4 is 0 Å². The van der Waals surface area contributed by atoms with Crippen molar-refractivity contribution in [1.82, 2.24) is 0 Å². The van der Waals surface area contributed by atoms with Crippen LogP contribution in [0, 0.1) is 0 Å². The Labute approximate surface area is 225 Å². The predicted molar refractivity (Wildman–Crippen MR) is 156 cm³/mol. The van der Waals surface area contributed by atoms with E-state index in [0.717, 1.165) is 24.0 Å². The highest BCUT2D eigenvalue weighted by atomic mass is 16.3. The van der Waals surface area contributed by atoms with Gasteiger partial charge < -0.3 is 10.2 Å². The number of aromatic hydroxyl groups is 2. The molecule has 5 aromatic carbocycles. The van der Waals surface area contributed by atoms with E-state index in [4.69, 9.17) is 0 Å². The molecule has 0 heterocycles. The van der Waals surface area contributed by atoms with E-state index >= 15 is 0 Å². The molecule has 0 saturated carbocycles. The molecule has 0 aromatic heterocycles. The van der Waals surface area contributed by atoms with Crippen LogP contribution in [0.1, 0.15) is 47.2 Å². The highest BCUT2D eigenvalue weighted by molar-refractivity contribution is 5.48. The van der Waals surface area contributed by atoms with Gasteiger partial charge in [-0.25, -0.2) is 0 Å². The average Bonchev–Trinajstić information content (AvgIpc) is 2.95. The van der Waals surface area contributed by atoms with Crippen LogP contribution in [0.15, 0.2) is 133 Å². The number of benzene rings is 5. The molecule has 0 aliphatic carbocycles. The predicted octanol–water partition coefficient (Wildman–Crippen LogP) is 8.20. The molecule has 0 aliphatic rings. The van der Waals surface area contributed by atoms with E-state index in [0.29, 0.717) is 0 Å². The third-order valence-corrected chi connectivity index (χ3v) is 7.95. The Morgan fingerprint density at radius 3 is 1.16 bits per heavy atom. The second-order valence-corrected chi connectivity index (χ2v) is 10.7. The Hall–Kier alpha value is -4.30. The third kappa shape index (κ3) is 5.21. The van der Waals surface area contributed by atoms with Crippen molar-refractivity contribution in [3.05, 3.63) is 167 Å². The Kier molecular flexibility index (Phi) is 7.07. The minimum absolute atomic E-state index is 0.271. The Morgan fingerprint density at radius 2 is 0.789 bits per heavy atom. The van der Waals surface area contributed by atoms with Crippen molar-refractivity contribution in [2.45, 2.75) is 37.5 Å². The van der Waals surface area contributed by atoms with Crippen LogP contribution in [0.5, 0.6) is 11.5 Å². The van der Waals surface area contributed by atoms with Gasteiger partial charge in [-0.2, -0.15) is 0 Å². The molecule has 2 nitrogen and oxygen atoms in total. The number of phenolic OH excluding ortho intramolecular Hbond substituents is 2. The molecular weight excluding hydrogens is 464 g/mol. The molecule has 2 unspecified atom stereocenters. The van der Waals surface area contributed by atoms with E-state index in [1.807, 2.05) is 24.3 Å². The molecule has 0 bridgehead atoms. The fraction of sp³-hybridized carbons (Fsp3) is 0.167. The summed E-state index contributed by atoms with van der Waals surface area (Å²) in [6, 6.07) is 45.4. The molecule has 0 spiro atoms. The third-order valence-electron chi connectivity index (χ3n) is 7.95. The molecule has 0 fully saturated rings. The van der Waals surface area contributed by atoms with Crippen LogP contribution in [0.4, 0.5) is 0 Å². The first-order chi connectivity index (χ1) is 18.4. The molecule has 2 N–H and O–H groups in total. The first-order valence-corrected chi connectivity index (χ1v) is 13.1. The largest absolute Gasteiger partial charge is 0.508 e. The summed E-state index contributed by atoms with van der Waals surface area (Å²) < 4.78 is 0. The lowest BCUT2D eigenvalue weighted by Gasteiger charge is -2.35. The van der Waals surface area contributed by atoms with Gasteiger partial charge in [-0.3, -0.25) is 0 Å². The van der Waals surface area contributed by atoms with Gasteiger partial charge in [-0.05, 0) is 70.5 Å². The van der Waals surface area contributed by atoms with Crippen LogP contribution in [-0.4, -0.2) is 10.2 Å². The monoisotopic (exact) mass is 498 g/mol. The van der Waals surface area contributed by atoms with Crippen LogP contribution in [0.3, 0.4) is 0 Å². The lowest BCUT2D eigenvalue weighted by atomic mass is 9.68. The fourth-order valence-electron chi connectivity index (χ4n) is 5.61. The molecule has 190 valence electrons. The topological polar surface area (TPSA) is 40.5 Å². The molecule has 2 heteroatoms. The highest BCUT2D eigenvalue weighted by Crippen LogP contribution is 2.41.